The maximum atomic E-state index is 4.47. The van der Waals surface area contributed by atoms with Gasteiger partial charge in [0.1, 0.15) is 0 Å². The normalized spacial score (nSPS) is 11.1. The summed E-state index contributed by atoms with van der Waals surface area (Å²) in [6.45, 7) is 4.04. The van der Waals surface area contributed by atoms with E-state index >= 15 is 0 Å². The molecule has 0 N–H and O–H groups in total. The molecular formula is C14H18N4. The van der Waals surface area contributed by atoms with Crippen LogP contribution in [0.4, 0.5) is 5.82 Å². The van der Waals surface area contributed by atoms with Gasteiger partial charge in [0.15, 0.2) is 5.82 Å². The number of hydrogen-bond acceptors (Lipinski definition) is 2. The first-order chi connectivity index (χ1) is 8.56. The van der Waals surface area contributed by atoms with E-state index < -0.39 is 0 Å². The number of benzene rings is 1. The van der Waals surface area contributed by atoms with Gasteiger partial charge in [0.05, 0.1) is 17.7 Å². The molecule has 0 aliphatic rings. The van der Waals surface area contributed by atoms with Crippen molar-refractivity contribution in [2.75, 3.05) is 14.1 Å². The highest BCUT2D eigenvalue weighted by Gasteiger charge is 2.05. The molecule has 0 amide bonds. The first kappa shape index (κ1) is 12.4. The van der Waals surface area contributed by atoms with Gasteiger partial charge in [-0.25, -0.2) is 9.67 Å². The fraction of sp³-hybridized carbons (Fsp3) is 0.286. The van der Waals surface area contributed by atoms with E-state index in [4.69, 9.17) is 0 Å². The van der Waals surface area contributed by atoms with E-state index in [0.717, 1.165) is 17.2 Å². The van der Waals surface area contributed by atoms with E-state index in [9.17, 15) is 0 Å². The molecule has 0 saturated heterocycles. The van der Waals surface area contributed by atoms with Crippen molar-refractivity contribution in [1.29, 1.82) is 0 Å². The van der Waals surface area contributed by atoms with Gasteiger partial charge in [0.25, 0.3) is 0 Å². The van der Waals surface area contributed by atoms with Crippen molar-refractivity contribution in [2.45, 2.75) is 13.8 Å². The lowest BCUT2D eigenvalue weighted by atomic mass is 10.2. The van der Waals surface area contributed by atoms with Crippen molar-refractivity contribution in [3.8, 4) is 5.69 Å². The van der Waals surface area contributed by atoms with Crippen molar-refractivity contribution in [3.05, 3.63) is 41.6 Å². The molecule has 94 valence electrons. The zero-order chi connectivity index (χ0) is 13.1. The SMILES string of the molecule is Cc1ccc(-n2nc(C)cc2/N=C/N(C)C)cc1. The van der Waals surface area contributed by atoms with E-state index in [2.05, 4.69) is 41.3 Å². The molecule has 4 heteroatoms. The first-order valence-corrected chi connectivity index (χ1v) is 5.90. The Kier molecular flexibility index (Phi) is 3.46. The van der Waals surface area contributed by atoms with Crippen molar-refractivity contribution in [3.63, 3.8) is 0 Å². The highest BCUT2D eigenvalue weighted by molar-refractivity contribution is 5.60. The average molecular weight is 242 g/mol. The zero-order valence-electron chi connectivity index (χ0n) is 11.3. The monoisotopic (exact) mass is 242 g/mol. The molecule has 0 unspecified atom stereocenters. The Bertz CT molecular complexity index is 550. The second-order valence-corrected chi connectivity index (χ2v) is 4.60. The fourth-order valence-electron chi connectivity index (χ4n) is 1.63. The minimum Gasteiger partial charge on any atom is -0.369 e. The van der Waals surface area contributed by atoms with Gasteiger partial charge in [-0.15, -0.1) is 0 Å². The Morgan fingerprint density at radius 2 is 1.83 bits per heavy atom. The van der Waals surface area contributed by atoms with Crippen molar-refractivity contribution in [2.24, 2.45) is 4.99 Å². The smallest absolute Gasteiger partial charge is 0.157 e. The van der Waals surface area contributed by atoms with E-state index in [0.29, 0.717) is 0 Å². The largest absolute Gasteiger partial charge is 0.369 e. The Labute approximate surface area is 108 Å². The minimum absolute atomic E-state index is 0.838. The van der Waals surface area contributed by atoms with Crippen LogP contribution in [0.2, 0.25) is 0 Å². The maximum Gasteiger partial charge on any atom is 0.157 e. The molecule has 18 heavy (non-hydrogen) atoms. The molecular weight excluding hydrogens is 224 g/mol. The summed E-state index contributed by atoms with van der Waals surface area (Å²) in [5.74, 6) is 0.838. The van der Waals surface area contributed by atoms with Gasteiger partial charge in [-0.3, -0.25) is 0 Å². The third-order valence-electron chi connectivity index (χ3n) is 2.51. The molecule has 1 aromatic carbocycles. The Morgan fingerprint density at radius 1 is 1.17 bits per heavy atom. The molecule has 1 heterocycles. The van der Waals surface area contributed by atoms with Crippen molar-refractivity contribution in [1.82, 2.24) is 14.7 Å². The highest BCUT2D eigenvalue weighted by Crippen LogP contribution is 2.19. The van der Waals surface area contributed by atoms with Gasteiger partial charge in [-0.05, 0) is 26.0 Å². The molecule has 0 aliphatic heterocycles. The lowest BCUT2D eigenvalue weighted by Crippen LogP contribution is -2.07. The quantitative estimate of drug-likeness (QED) is 0.612. The standard InChI is InChI=1S/C14H18N4/c1-11-5-7-13(8-6-11)18-14(9-12(2)16-18)15-10-17(3)4/h5-10H,1-4H3/b15-10+. The fourth-order valence-corrected chi connectivity index (χ4v) is 1.63. The van der Waals surface area contributed by atoms with Crippen molar-refractivity contribution < 1.29 is 0 Å². The van der Waals surface area contributed by atoms with Gasteiger partial charge in [-0.1, -0.05) is 17.7 Å². The van der Waals surface area contributed by atoms with Crippen LogP contribution in [0.1, 0.15) is 11.3 Å². The third-order valence-corrected chi connectivity index (χ3v) is 2.51. The molecule has 1 aromatic heterocycles. The summed E-state index contributed by atoms with van der Waals surface area (Å²) in [6.07, 6.45) is 1.78. The lowest BCUT2D eigenvalue weighted by Gasteiger charge is -2.06. The molecule has 0 fully saturated rings. The molecule has 0 aliphatic carbocycles. The number of aryl methyl sites for hydroxylation is 2. The van der Waals surface area contributed by atoms with Gasteiger partial charge in [-0.2, -0.15) is 5.10 Å². The topological polar surface area (TPSA) is 33.4 Å². The first-order valence-electron chi connectivity index (χ1n) is 5.90. The zero-order valence-corrected chi connectivity index (χ0v) is 11.3. The van der Waals surface area contributed by atoms with Crippen LogP contribution in [0, 0.1) is 13.8 Å². The van der Waals surface area contributed by atoms with E-state index in [1.165, 1.54) is 5.56 Å². The van der Waals surface area contributed by atoms with Crippen LogP contribution in [0.15, 0.2) is 35.3 Å². The predicted octanol–water partition coefficient (Wildman–Crippen LogP) is 2.71. The number of rotatable bonds is 3. The third kappa shape index (κ3) is 2.77. The van der Waals surface area contributed by atoms with Gasteiger partial charge in [0.2, 0.25) is 0 Å². The lowest BCUT2D eigenvalue weighted by molar-refractivity contribution is 0.642. The van der Waals surface area contributed by atoms with E-state index in [-0.39, 0.29) is 0 Å². The summed E-state index contributed by atoms with van der Waals surface area (Å²) in [6, 6.07) is 10.2. The Morgan fingerprint density at radius 3 is 2.44 bits per heavy atom. The second kappa shape index (κ2) is 5.04. The van der Waals surface area contributed by atoms with Crippen LogP contribution in [-0.4, -0.2) is 35.1 Å². The summed E-state index contributed by atoms with van der Waals surface area (Å²) in [7, 11) is 3.89. The van der Waals surface area contributed by atoms with Crippen molar-refractivity contribution >= 4 is 12.2 Å². The summed E-state index contributed by atoms with van der Waals surface area (Å²) in [5.41, 5.74) is 3.22. The second-order valence-electron chi connectivity index (χ2n) is 4.60. The molecule has 0 bridgehead atoms. The van der Waals surface area contributed by atoms with Gasteiger partial charge >= 0.3 is 0 Å². The molecule has 0 atom stereocenters. The molecule has 0 radical (unpaired) electrons. The van der Waals surface area contributed by atoms with Crippen LogP contribution in [-0.2, 0) is 0 Å². The maximum absolute atomic E-state index is 4.47. The number of nitrogens with zero attached hydrogens (tertiary/aromatic N) is 4. The molecule has 2 aromatic rings. The van der Waals surface area contributed by atoms with Crippen LogP contribution >= 0.6 is 0 Å². The summed E-state index contributed by atoms with van der Waals surface area (Å²) in [4.78, 5) is 6.33. The number of aromatic nitrogens is 2. The number of hydrogen-bond donors (Lipinski definition) is 0. The van der Waals surface area contributed by atoms with Crippen LogP contribution in [0.25, 0.3) is 5.69 Å². The van der Waals surface area contributed by atoms with Crippen LogP contribution < -0.4 is 0 Å². The molecule has 0 saturated carbocycles. The van der Waals surface area contributed by atoms with Crippen LogP contribution in [0.3, 0.4) is 0 Å². The molecule has 2 rings (SSSR count). The van der Waals surface area contributed by atoms with Gasteiger partial charge in [0, 0.05) is 20.2 Å². The van der Waals surface area contributed by atoms with Gasteiger partial charge < -0.3 is 4.90 Å². The average Bonchev–Trinajstić information content (AvgIpc) is 2.69. The Hall–Kier alpha value is -2.10. The summed E-state index contributed by atoms with van der Waals surface area (Å²) < 4.78 is 1.86. The number of aliphatic imine (C=N–C) groups is 1. The van der Waals surface area contributed by atoms with Crippen LogP contribution in [0.5, 0.6) is 0 Å². The minimum atomic E-state index is 0.838. The highest BCUT2D eigenvalue weighted by atomic mass is 15.3. The Balaban J connectivity index is 2.41. The summed E-state index contributed by atoms with van der Waals surface area (Å²) in [5, 5.41) is 4.47. The molecule has 4 nitrogen and oxygen atoms in total. The van der Waals surface area contributed by atoms with E-state index in [1.807, 2.05) is 36.7 Å². The van der Waals surface area contributed by atoms with E-state index in [1.54, 1.807) is 6.34 Å². The molecule has 0 spiro atoms. The summed E-state index contributed by atoms with van der Waals surface area (Å²) >= 11 is 0. The predicted molar refractivity (Wildman–Crippen MR) is 74.9 cm³/mol.